The molecule has 25 heavy (non-hydrogen) atoms. The van der Waals surface area contributed by atoms with E-state index >= 15 is 0 Å². The van der Waals surface area contributed by atoms with E-state index in [0.717, 1.165) is 10.5 Å². The summed E-state index contributed by atoms with van der Waals surface area (Å²) in [6.07, 6.45) is 16.6. The Morgan fingerprint density at radius 2 is 2.00 bits per heavy atom. The third kappa shape index (κ3) is 5.86. The van der Waals surface area contributed by atoms with Gasteiger partial charge in [0.15, 0.2) is 0 Å². The van der Waals surface area contributed by atoms with Gasteiger partial charge in [-0.25, -0.2) is 0 Å². The molecule has 0 bridgehead atoms. The van der Waals surface area contributed by atoms with E-state index in [1.807, 2.05) is 13.0 Å². The van der Waals surface area contributed by atoms with E-state index in [9.17, 15) is 4.79 Å². The highest BCUT2D eigenvalue weighted by Gasteiger charge is 2.26. The van der Waals surface area contributed by atoms with Crippen molar-refractivity contribution < 1.29 is 0 Å². The highest BCUT2D eigenvalue weighted by Crippen LogP contribution is 2.40. The van der Waals surface area contributed by atoms with Gasteiger partial charge in [-0.15, -0.1) is 0 Å². The average Bonchev–Trinajstić information content (AvgIpc) is 2.91. The standard InChI is InChI=1S/C22H29NOS/c1-16(11-12-20-18(3)10-7-13-22(20,4)5)8-6-9-17(2)14-19-15-21(24)23-25-19/h6,8-9,11-12,14-15H,7,10,13H2,1-5H3,(H,23,24)/b9-6+,12-11+,16-8+,17-14+. The van der Waals surface area contributed by atoms with Gasteiger partial charge in [0.25, 0.3) is 5.56 Å². The molecule has 0 aliphatic heterocycles. The topological polar surface area (TPSA) is 32.9 Å². The number of hydrogen-bond acceptors (Lipinski definition) is 2. The lowest BCUT2D eigenvalue weighted by atomic mass is 9.72. The van der Waals surface area contributed by atoms with Gasteiger partial charge in [-0.1, -0.05) is 66.9 Å². The fourth-order valence-electron chi connectivity index (χ4n) is 3.27. The molecule has 0 saturated heterocycles. The Morgan fingerprint density at radius 1 is 1.24 bits per heavy atom. The predicted octanol–water partition coefficient (Wildman–Crippen LogP) is 6.43. The second kappa shape index (κ2) is 8.48. The number of nitrogens with one attached hydrogen (secondary N) is 1. The first-order valence-corrected chi connectivity index (χ1v) is 9.70. The average molecular weight is 356 g/mol. The van der Waals surface area contributed by atoms with E-state index in [4.69, 9.17) is 0 Å². The summed E-state index contributed by atoms with van der Waals surface area (Å²) < 4.78 is 2.70. The van der Waals surface area contributed by atoms with E-state index < -0.39 is 0 Å². The maximum absolute atomic E-state index is 11.1. The van der Waals surface area contributed by atoms with Gasteiger partial charge in [-0.05, 0) is 62.7 Å². The van der Waals surface area contributed by atoms with Crippen molar-refractivity contribution in [3.05, 3.63) is 74.0 Å². The minimum Gasteiger partial charge on any atom is -0.277 e. The van der Waals surface area contributed by atoms with Gasteiger partial charge in [-0.3, -0.25) is 9.17 Å². The van der Waals surface area contributed by atoms with Gasteiger partial charge in [-0.2, -0.15) is 0 Å². The number of aromatic nitrogens is 1. The van der Waals surface area contributed by atoms with Crippen LogP contribution in [0.25, 0.3) is 6.08 Å². The molecule has 1 heterocycles. The second-order valence-corrected chi connectivity index (χ2v) is 8.42. The summed E-state index contributed by atoms with van der Waals surface area (Å²) in [7, 11) is 0. The van der Waals surface area contributed by atoms with Gasteiger partial charge >= 0.3 is 0 Å². The molecule has 2 nitrogen and oxygen atoms in total. The molecule has 1 aromatic heterocycles. The number of allylic oxidation sites excluding steroid dienone is 9. The smallest absolute Gasteiger partial charge is 0.258 e. The zero-order chi connectivity index (χ0) is 18.4. The van der Waals surface area contributed by atoms with Gasteiger partial charge in [0, 0.05) is 10.9 Å². The molecule has 1 aromatic rings. The summed E-state index contributed by atoms with van der Waals surface area (Å²) in [4.78, 5) is 12.1. The van der Waals surface area contributed by atoms with Crippen molar-refractivity contribution in [2.75, 3.05) is 0 Å². The molecular formula is C22H29NOS. The molecule has 0 radical (unpaired) electrons. The van der Waals surface area contributed by atoms with Crippen LogP contribution in [0.15, 0.2) is 63.5 Å². The monoisotopic (exact) mass is 355 g/mol. The van der Waals surface area contributed by atoms with E-state index in [1.165, 1.54) is 47.5 Å². The zero-order valence-electron chi connectivity index (χ0n) is 16.0. The fourth-order valence-corrected chi connectivity index (χ4v) is 3.96. The normalized spacial score (nSPS) is 19.4. The molecule has 1 N–H and O–H groups in total. The van der Waals surface area contributed by atoms with Crippen molar-refractivity contribution in [1.29, 1.82) is 0 Å². The molecule has 0 saturated carbocycles. The number of H-pyrrole nitrogens is 1. The molecule has 134 valence electrons. The zero-order valence-corrected chi connectivity index (χ0v) is 16.8. The minimum absolute atomic E-state index is 0.0378. The Balaban J connectivity index is 2.04. The van der Waals surface area contributed by atoms with Gasteiger partial charge in [0.1, 0.15) is 0 Å². The van der Waals surface area contributed by atoms with Crippen LogP contribution in [0, 0.1) is 5.41 Å². The molecule has 1 aliphatic carbocycles. The van der Waals surface area contributed by atoms with Crippen molar-refractivity contribution in [2.45, 2.75) is 53.9 Å². The fraction of sp³-hybridized carbons (Fsp3) is 0.409. The van der Waals surface area contributed by atoms with E-state index in [2.05, 4.69) is 62.4 Å². The summed E-state index contributed by atoms with van der Waals surface area (Å²) in [5.74, 6) is 0. The van der Waals surface area contributed by atoms with Gasteiger partial charge < -0.3 is 0 Å². The first-order valence-electron chi connectivity index (χ1n) is 8.88. The largest absolute Gasteiger partial charge is 0.277 e. The minimum atomic E-state index is -0.0378. The predicted molar refractivity (Wildman–Crippen MR) is 111 cm³/mol. The van der Waals surface area contributed by atoms with E-state index in [-0.39, 0.29) is 11.0 Å². The maximum atomic E-state index is 11.1. The van der Waals surface area contributed by atoms with Crippen molar-refractivity contribution in [3.63, 3.8) is 0 Å². The maximum Gasteiger partial charge on any atom is 0.258 e. The van der Waals surface area contributed by atoms with Crippen molar-refractivity contribution >= 4 is 17.6 Å². The number of hydrogen-bond donors (Lipinski definition) is 1. The third-order valence-electron chi connectivity index (χ3n) is 4.69. The van der Waals surface area contributed by atoms with Crippen molar-refractivity contribution in [3.8, 4) is 0 Å². The molecule has 0 amide bonds. The Hall–Kier alpha value is -1.87. The Morgan fingerprint density at radius 3 is 2.64 bits per heavy atom. The van der Waals surface area contributed by atoms with Crippen molar-refractivity contribution in [1.82, 2.24) is 4.37 Å². The quantitative estimate of drug-likeness (QED) is 0.607. The molecule has 0 spiro atoms. The SMILES string of the molecule is CC1=C(/C=C/C(C)=C/C=C/C(C)=C/c2cc(=O)[nH]s2)C(C)(C)CCC1. The van der Waals surface area contributed by atoms with Crippen LogP contribution < -0.4 is 5.56 Å². The lowest BCUT2D eigenvalue weighted by molar-refractivity contribution is 0.377. The van der Waals surface area contributed by atoms with Crippen LogP contribution >= 0.6 is 11.5 Å². The molecule has 2 rings (SSSR count). The molecule has 1 aliphatic rings. The van der Waals surface area contributed by atoms with Crippen molar-refractivity contribution in [2.24, 2.45) is 5.41 Å². The summed E-state index contributed by atoms with van der Waals surface area (Å²) >= 11 is 1.36. The van der Waals surface area contributed by atoms with Crippen LogP contribution in [0.5, 0.6) is 0 Å². The van der Waals surface area contributed by atoms with E-state index in [1.54, 1.807) is 6.07 Å². The molecule has 0 unspecified atom stereocenters. The van der Waals surface area contributed by atoms with Gasteiger partial charge in [0.2, 0.25) is 0 Å². The Bertz CT molecular complexity index is 809. The lowest BCUT2D eigenvalue weighted by Crippen LogP contribution is -2.19. The molecule has 0 fully saturated rings. The summed E-state index contributed by atoms with van der Waals surface area (Å²) in [5, 5.41) is 0. The van der Waals surface area contributed by atoms with Crippen LogP contribution in [-0.2, 0) is 0 Å². The second-order valence-electron chi connectivity index (χ2n) is 7.54. The molecule has 0 atom stereocenters. The number of rotatable bonds is 5. The molecular weight excluding hydrogens is 326 g/mol. The molecule has 3 heteroatoms. The summed E-state index contributed by atoms with van der Waals surface area (Å²) in [5.41, 5.74) is 5.62. The molecule has 0 aromatic carbocycles. The summed E-state index contributed by atoms with van der Waals surface area (Å²) in [6.45, 7) is 11.1. The number of aromatic amines is 1. The van der Waals surface area contributed by atoms with Crippen LogP contribution in [0.3, 0.4) is 0 Å². The summed E-state index contributed by atoms with van der Waals surface area (Å²) in [6, 6.07) is 1.62. The Labute approximate surface area is 155 Å². The Kier molecular flexibility index (Phi) is 6.60. The van der Waals surface area contributed by atoms with Gasteiger partial charge in [0.05, 0.1) is 0 Å². The van der Waals surface area contributed by atoms with Crippen LogP contribution in [-0.4, -0.2) is 4.37 Å². The van der Waals surface area contributed by atoms with Crippen LogP contribution in [0.2, 0.25) is 0 Å². The third-order valence-corrected chi connectivity index (χ3v) is 5.46. The van der Waals surface area contributed by atoms with Crippen LogP contribution in [0.1, 0.15) is 58.8 Å². The van der Waals surface area contributed by atoms with E-state index in [0.29, 0.717) is 0 Å². The first-order chi connectivity index (χ1) is 11.8. The highest BCUT2D eigenvalue weighted by molar-refractivity contribution is 7.06. The van der Waals surface area contributed by atoms with Crippen LogP contribution in [0.4, 0.5) is 0 Å². The lowest BCUT2D eigenvalue weighted by Gasteiger charge is -2.32. The first kappa shape index (κ1) is 19.5. The highest BCUT2D eigenvalue weighted by atomic mass is 32.1.